The molecule has 29 heavy (non-hydrogen) atoms. The van der Waals surface area contributed by atoms with Gasteiger partial charge >= 0.3 is 6.09 Å². The van der Waals surface area contributed by atoms with Gasteiger partial charge in [0, 0.05) is 38.0 Å². The number of amides is 1. The monoisotopic (exact) mass is 393 g/mol. The van der Waals surface area contributed by atoms with Gasteiger partial charge in [0.05, 0.1) is 5.71 Å². The van der Waals surface area contributed by atoms with E-state index in [1.54, 1.807) is 5.06 Å². The Morgan fingerprint density at radius 1 is 1.14 bits per heavy atom. The lowest BCUT2D eigenvalue weighted by Gasteiger charge is -2.35. The SMILES string of the molecule is CCc1ccc(NC(=O)ON2CCC3(CC2)CC(c2ccc(C)cc2)=NO3)cc1. The molecule has 1 saturated heterocycles. The van der Waals surface area contributed by atoms with E-state index in [0.717, 1.165) is 42.6 Å². The van der Waals surface area contributed by atoms with Gasteiger partial charge in [-0.2, -0.15) is 0 Å². The molecule has 0 saturated carbocycles. The van der Waals surface area contributed by atoms with E-state index in [1.165, 1.54) is 11.1 Å². The molecule has 4 rings (SSSR count). The van der Waals surface area contributed by atoms with Crippen molar-refractivity contribution in [1.82, 2.24) is 5.06 Å². The van der Waals surface area contributed by atoms with Gasteiger partial charge in [-0.05, 0) is 36.6 Å². The number of rotatable bonds is 4. The third kappa shape index (κ3) is 4.59. The number of hydroxylamine groups is 2. The van der Waals surface area contributed by atoms with E-state index in [1.807, 2.05) is 24.3 Å². The van der Waals surface area contributed by atoms with Crippen LogP contribution in [-0.4, -0.2) is 35.6 Å². The number of benzene rings is 2. The van der Waals surface area contributed by atoms with Gasteiger partial charge in [0.2, 0.25) is 0 Å². The summed E-state index contributed by atoms with van der Waals surface area (Å²) < 4.78 is 0. The number of nitrogens with zero attached hydrogens (tertiary/aromatic N) is 2. The van der Waals surface area contributed by atoms with Gasteiger partial charge in [-0.25, -0.2) is 4.79 Å². The van der Waals surface area contributed by atoms with E-state index >= 15 is 0 Å². The summed E-state index contributed by atoms with van der Waals surface area (Å²) in [5, 5.41) is 8.83. The topological polar surface area (TPSA) is 63.2 Å². The molecule has 6 nitrogen and oxygen atoms in total. The smallest absolute Gasteiger partial charge is 0.388 e. The quantitative estimate of drug-likeness (QED) is 0.819. The zero-order valence-electron chi connectivity index (χ0n) is 17.0. The van der Waals surface area contributed by atoms with Gasteiger partial charge in [0.15, 0.2) is 0 Å². The number of carbonyl (C=O) groups excluding carboxylic acids is 1. The second-order valence-electron chi connectivity index (χ2n) is 7.84. The minimum absolute atomic E-state index is 0.285. The molecule has 2 aromatic carbocycles. The Bertz CT molecular complexity index is 883. The molecule has 2 heterocycles. The van der Waals surface area contributed by atoms with Crippen molar-refractivity contribution in [2.45, 2.75) is 45.1 Å². The van der Waals surface area contributed by atoms with Gasteiger partial charge < -0.3 is 9.68 Å². The first-order valence-electron chi connectivity index (χ1n) is 10.2. The molecule has 0 unspecified atom stereocenters. The van der Waals surface area contributed by atoms with Crippen LogP contribution in [0.5, 0.6) is 0 Å². The molecule has 0 aliphatic carbocycles. The van der Waals surface area contributed by atoms with Crippen LogP contribution < -0.4 is 5.32 Å². The van der Waals surface area contributed by atoms with Crippen LogP contribution in [0.25, 0.3) is 0 Å². The highest BCUT2D eigenvalue weighted by Crippen LogP contribution is 2.36. The lowest BCUT2D eigenvalue weighted by molar-refractivity contribution is -0.154. The van der Waals surface area contributed by atoms with Crippen molar-refractivity contribution in [1.29, 1.82) is 0 Å². The fourth-order valence-corrected chi connectivity index (χ4v) is 3.76. The van der Waals surface area contributed by atoms with Crippen LogP contribution in [0.15, 0.2) is 53.7 Å². The van der Waals surface area contributed by atoms with Crippen LogP contribution in [0.1, 0.15) is 42.9 Å². The third-order valence-electron chi connectivity index (χ3n) is 5.68. The summed E-state index contributed by atoms with van der Waals surface area (Å²) in [6, 6.07) is 16.1. The average Bonchev–Trinajstić information content (AvgIpc) is 3.15. The number of nitrogens with one attached hydrogen (secondary N) is 1. The molecule has 1 fully saturated rings. The zero-order valence-corrected chi connectivity index (χ0v) is 17.0. The van der Waals surface area contributed by atoms with Crippen LogP contribution in [0.2, 0.25) is 0 Å². The second kappa shape index (κ2) is 8.25. The standard InChI is InChI=1S/C23H27N3O3/c1-3-18-6-10-20(11-7-18)24-22(27)28-26-14-12-23(13-15-26)16-21(25-29-23)19-8-4-17(2)5-9-19/h4-11H,3,12-16H2,1-2H3,(H,24,27). The van der Waals surface area contributed by atoms with Gasteiger partial charge in [0.25, 0.3) is 0 Å². The molecule has 1 amide bonds. The predicted octanol–water partition coefficient (Wildman–Crippen LogP) is 4.68. The average molecular weight is 393 g/mol. The van der Waals surface area contributed by atoms with E-state index in [2.05, 4.69) is 48.6 Å². The van der Waals surface area contributed by atoms with E-state index in [9.17, 15) is 4.79 Å². The first kappa shape index (κ1) is 19.5. The van der Waals surface area contributed by atoms with Crippen LogP contribution in [0.4, 0.5) is 10.5 Å². The van der Waals surface area contributed by atoms with E-state index in [-0.39, 0.29) is 5.60 Å². The maximum Gasteiger partial charge on any atom is 0.430 e. The zero-order chi connectivity index (χ0) is 20.3. The highest BCUT2D eigenvalue weighted by atomic mass is 16.7. The molecule has 2 aliphatic rings. The number of piperidine rings is 1. The van der Waals surface area contributed by atoms with Crippen molar-refractivity contribution < 1.29 is 14.5 Å². The van der Waals surface area contributed by atoms with Gasteiger partial charge in [-0.15, -0.1) is 5.06 Å². The van der Waals surface area contributed by atoms with E-state index in [4.69, 9.17) is 9.68 Å². The maximum absolute atomic E-state index is 12.2. The van der Waals surface area contributed by atoms with Crippen LogP contribution in [0.3, 0.4) is 0 Å². The number of oxime groups is 1. The van der Waals surface area contributed by atoms with Crippen molar-refractivity contribution in [3.63, 3.8) is 0 Å². The van der Waals surface area contributed by atoms with Crippen LogP contribution >= 0.6 is 0 Å². The molecular formula is C23H27N3O3. The fourth-order valence-electron chi connectivity index (χ4n) is 3.76. The normalized spacial score (nSPS) is 18.2. The first-order chi connectivity index (χ1) is 14.0. The molecule has 2 aromatic rings. The number of carbonyl (C=O) groups is 1. The van der Waals surface area contributed by atoms with Crippen LogP contribution in [-0.2, 0) is 16.1 Å². The maximum atomic E-state index is 12.2. The van der Waals surface area contributed by atoms with E-state index in [0.29, 0.717) is 13.1 Å². The minimum atomic E-state index is -0.464. The van der Waals surface area contributed by atoms with Crippen molar-refractivity contribution in [3.05, 3.63) is 65.2 Å². The Labute approximate surface area is 171 Å². The summed E-state index contributed by atoms with van der Waals surface area (Å²) >= 11 is 0. The Morgan fingerprint density at radius 3 is 2.48 bits per heavy atom. The molecule has 6 heteroatoms. The van der Waals surface area contributed by atoms with Crippen molar-refractivity contribution in [2.24, 2.45) is 5.16 Å². The fraction of sp³-hybridized carbons (Fsp3) is 0.391. The molecule has 0 atom stereocenters. The van der Waals surface area contributed by atoms with Crippen molar-refractivity contribution in [2.75, 3.05) is 18.4 Å². The summed E-state index contributed by atoms with van der Waals surface area (Å²) in [5.74, 6) is 0. The Balaban J connectivity index is 1.26. The van der Waals surface area contributed by atoms with Gasteiger partial charge in [-0.3, -0.25) is 5.32 Å². The first-order valence-corrected chi connectivity index (χ1v) is 10.2. The summed E-state index contributed by atoms with van der Waals surface area (Å²) in [6.07, 6.45) is 2.83. The highest BCUT2D eigenvalue weighted by molar-refractivity contribution is 6.01. The van der Waals surface area contributed by atoms with Gasteiger partial charge in [-0.1, -0.05) is 54.0 Å². The summed E-state index contributed by atoms with van der Waals surface area (Å²) in [5.41, 5.74) is 5.01. The largest absolute Gasteiger partial charge is 0.430 e. The van der Waals surface area contributed by atoms with Crippen molar-refractivity contribution >= 4 is 17.5 Å². The molecule has 0 radical (unpaired) electrons. The lowest BCUT2D eigenvalue weighted by Crippen LogP contribution is -2.45. The Morgan fingerprint density at radius 2 is 1.83 bits per heavy atom. The number of anilines is 1. The summed E-state index contributed by atoms with van der Waals surface area (Å²) in [6.45, 7) is 5.42. The molecule has 0 bridgehead atoms. The Hall–Kier alpha value is -2.86. The second-order valence-corrected chi connectivity index (χ2v) is 7.84. The number of aryl methyl sites for hydroxylation is 2. The molecule has 0 aromatic heterocycles. The van der Waals surface area contributed by atoms with Crippen molar-refractivity contribution in [3.8, 4) is 0 Å². The molecule has 1 spiro atoms. The predicted molar refractivity (Wildman–Crippen MR) is 113 cm³/mol. The third-order valence-corrected chi connectivity index (χ3v) is 5.68. The molecule has 2 aliphatic heterocycles. The molecule has 1 N–H and O–H groups in total. The van der Waals surface area contributed by atoms with Crippen LogP contribution in [0, 0.1) is 6.92 Å². The Kier molecular flexibility index (Phi) is 5.53. The number of hydrogen-bond acceptors (Lipinski definition) is 5. The summed E-state index contributed by atoms with van der Waals surface area (Å²) in [4.78, 5) is 23.5. The molecule has 152 valence electrons. The van der Waals surface area contributed by atoms with E-state index < -0.39 is 6.09 Å². The minimum Gasteiger partial charge on any atom is -0.388 e. The van der Waals surface area contributed by atoms with Gasteiger partial charge in [0.1, 0.15) is 5.60 Å². The number of hydrogen-bond donors (Lipinski definition) is 1. The molecular weight excluding hydrogens is 366 g/mol. The highest BCUT2D eigenvalue weighted by Gasteiger charge is 2.43. The summed E-state index contributed by atoms with van der Waals surface area (Å²) in [7, 11) is 0. The lowest BCUT2D eigenvalue weighted by atomic mass is 9.86.